The van der Waals surface area contributed by atoms with Crippen LogP contribution in [0.2, 0.25) is 0 Å². The van der Waals surface area contributed by atoms with Crippen LogP contribution in [0.25, 0.3) is 0 Å². The molecule has 0 aliphatic rings. The Hall–Kier alpha value is -0.770. The van der Waals surface area contributed by atoms with Crippen LogP contribution in [0.15, 0.2) is 10.7 Å². The van der Waals surface area contributed by atoms with E-state index < -0.39 is 5.95 Å². The largest absolute Gasteiger partial charge is 0.539 e. The molecule has 4 nitrogen and oxygen atoms in total. The minimum atomic E-state index is -0.546. The number of halogens is 1. The lowest BCUT2D eigenvalue weighted by atomic mass is 10.9. The van der Waals surface area contributed by atoms with Crippen molar-refractivity contribution in [3.8, 4) is 5.95 Å². The summed E-state index contributed by atoms with van der Waals surface area (Å²) in [5, 5.41) is 13.0. The highest BCUT2D eigenvalue weighted by atomic mass is 35.5. The monoisotopic (exact) mass is 120 g/mol. The first-order valence-corrected chi connectivity index (χ1v) is 1.84. The average Bonchev–Trinajstić information content (AvgIpc) is 1.87. The minimum Gasteiger partial charge on any atom is -0.539 e. The van der Waals surface area contributed by atoms with Crippen molar-refractivity contribution >= 4 is 11.8 Å². The molecule has 0 unspecified atom stereocenters. The van der Waals surface area contributed by atoms with Crippen LogP contribution in [0.5, 0.6) is 5.95 Å². The maximum atomic E-state index is 9.96. The van der Waals surface area contributed by atoms with E-state index in [2.05, 4.69) is 9.79 Å². The Labute approximate surface area is 44.0 Å². The molecule has 38 valence electrons. The van der Waals surface area contributed by atoms with Crippen molar-refractivity contribution in [2.24, 2.45) is 0 Å². The Bertz CT molecular complexity index is 146. The third-order valence-electron chi connectivity index (χ3n) is 0.421. The maximum absolute atomic E-state index is 9.96. The van der Waals surface area contributed by atoms with Gasteiger partial charge in [-0.25, -0.2) is 0 Å². The third kappa shape index (κ3) is 0.806. The van der Waals surface area contributed by atoms with Gasteiger partial charge in [-0.3, -0.25) is 0 Å². The molecule has 0 bridgehead atoms. The van der Waals surface area contributed by atoms with E-state index in [0.29, 0.717) is 0 Å². The summed E-state index contributed by atoms with van der Waals surface area (Å²) in [7, 11) is 0. The summed E-state index contributed by atoms with van der Waals surface area (Å²) in [6.07, 6.45) is 1.02. The van der Waals surface area contributed by atoms with E-state index in [-0.39, 0.29) is 0 Å². The molecule has 0 saturated heterocycles. The molecule has 5 heteroatoms. The van der Waals surface area contributed by atoms with E-state index in [1.54, 1.807) is 0 Å². The maximum Gasteiger partial charge on any atom is 0.299 e. The Morgan fingerprint density at radius 3 is 2.86 bits per heavy atom. The molecule has 0 aromatic carbocycles. The van der Waals surface area contributed by atoms with Gasteiger partial charge in [0.2, 0.25) is 6.20 Å². The second kappa shape index (κ2) is 1.38. The zero-order chi connectivity index (χ0) is 5.28. The molecule has 0 fully saturated rings. The molecule has 1 rings (SSSR count). The topological polar surface area (TPSA) is 53.0 Å². The Morgan fingerprint density at radius 2 is 2.71 bits per heavy atom. The predicted molar refractivity (Wildman–Crippen MR) is 17.4 cm³/mol. The molecular formula is C2HClN2O2. The van der Waals surface area contributed by atoms with Crippen LogP contribution in [0.4, 0.5) is 0 Å². The lowest BCUT2D eigenvalue weighted by Crippen LogP contribution is -2.19. The zero-order valence-electron chi connectivity index (χ0n) is 3.17. The van der Waals surface area contributed by atoms with Gasteiger partial charge in [0, 0.05) is 4.20 Å². The van der Waals surface area contributed by atoms with Crippen molar-refractivity contribution in [3.63, 3.8) is 0 Å². The van der Waals surface area contributed by atoms with Gasteiger partial charge in [0.05, 0.1) is 0 Å². The summed E-state index contributed by atoms with van der Waals surface area (Å²) in [6.45, 7) is 0. The summed E-state index contributed by atoms with van der Waals surface area (Å²) in [6, 6.07) is 0. The first-order valence-electron chi connectivity index (χ1n) is 1.51. The summed E-state index contributed by atoms with van der Waals surface area (Å²) < 4.78 is 4.77. The summed E-state index contributed by atoms with van der Waals surface area (Å²) in [4.78, 5) is 0. The molecule has 7 heavy (non-hydrogen) atoms. The van der Waals surface area contributed by atoms with Crippen molar-refractivity contribution in [3.05, 3.63) is 6.20 Å². The fourth-order valence-electron chi connectivity index (χ4n) is 0.213. The van der Waals surface area contributed by atoms with E-state index in [4.69, 9.17) is 11.8 Å². The molecule has 0 spiro atoms. The smallest absolute Gasteiger partial charge is 0.299 e. The van der Waals surface area contributed by atoms with Gasteiger partial charge in [-0.2, -0.15) is 0 Å². The zero-order valence-corrected chi connectivity index (χ0v) is 3.92. The molecule has 1 heterocycles. The van der Waals surface area contributed by atoms with Gasteiger partial charge < -0.3 is 9.63 Å². The lowest BCUT2D eigenvalue weighted by molar-refractivity contribution is -0.601. The standard InChI is InChI=1S/C2HClN2O2/c3-5-1-2(6)7-4-5/h1H. The molecular weight excluding hydrogens is 119 g/mol. The molecule has 0 N–H and O–H groups in total. The molecule has 0 aliphatic carbocycles. The quantitative estimate of drug-likeness (QED) is 0.443. The summed E-state index contributed by atoms with van der Waals surface area (Å²) >= 11 is 5.07. The number of rotatable bonds is 0. The highest BCUT2D eigenvalue weighted by molar-refractivity contribution is 6.03. The number of hydrogen-bond acceptors (Lipinski definition) is 3. The molecule has 0 radical (unpaired) electrons. The normalized spacial score (nSPS) is 9.29. The predicted octanol–water partition coefficient (Wildman–Crippen LogP) is -0.962. The first-order chi connectivity index (χ1) is 3.29. The van der Waals surface area contributed by atoms with Crippen LogP contribution >= 0.6 is 11.8 Å². The van der Waals surface area contributed by atoms with E-state index in [1.165, 1.54) is 0 Å². The lowest BCUT2D eigenvalue weighted by Gasteiger charge is -1.74. The highest BCUT2D eigenvalue weighted by Crippen LogP contribution is 1.91. The summed E-state index contributed by atoms with van der Waals surface area (Å²) in [5.74, 6) is -0.546. The van der Waals surface area contributed by atoms with Gasteiger partial charge in [-0.15, -0.1) is 0 Å². The number of aromatic nitrogens is 2. The second-order valence-electron chi connectivity index (χ2n) is 0.910. The van der Waals surface area contributed by atoms with Crippen LogP contribution in [0.1, 0.15) is 0 Å². The van der Waals surface area contributed by atoms with Gasteiger partial charge in [-0.1, -0.05) is 0 Å². The van der Waals surface area contributed by atoms with Crippen molar-refractivity contribution < 1.29 is 13.8 Å². The Kier molecular flexibility index (Phi) is 0.867. The van der Waals surface area contributed by atoms with Crippen molar-refractivity contribution in [2.75, 3.05) is 0 Å². The van der Waals surface area contributed by atoms with Gasteiger partial charge in [0.25, 0.3) is 11.8 Å². The van der Waals surface area contributed by atoms with Crippen molar-refractivity contribution in [2.45, 2.75) is 0 Å². The molecule has 0 aliphatic heterocycles. The first kappa shape index (κ1) is 4.39. The third-order valence-corrected chi connectivity index (χ3v) is 0.580. The van der Waals surface area contributed by atoms with Crippen molar-refractivity contribution in [1.29, 1.82) is 0 Å². The molecule has 1 aromatic heterocycles. The van der Waals surface area contributed by atoms with Crippen LogP contribution in [0.3, 0.4) is 0 Å². The molecule has 0 atom stereocenters. The van der Waals surface area contributed by atoms with Crippen LogP contribution in [-0.2, 0) is 0 Å². The Morgan fingerprint density at radius 1 is 2.00 bits per heavy atom. The van der Waals surface area contributed by atoms with E-state index in [9.17, 15) is 5.11 Å². The number of hydrogen-bond donors (Lipinski definition) is 0. The molecule has 0 saturated carbocycles. The number of nitrogens with zero attached hydrogens (tertiary/aromatic N) is 2. The minimum absolute atomic E-state index is 0.546. The van der Waals surface area contributed by atoms with Crippen LogP contribution < -0.4 is 9.31 Å². The molecule has 0 amide bonds. The Balaban J connectivity index is 3.04. The summed E-state index contributed by atoms with van der Waals surface area (Å²) in [5.41, 5.74) is 0. The van der Waals surface area contributed by atoms with Crippen LogP contribution in [-0.4, -0.2) is 5.27 Å². The van der Waals surface area contributed by atoms with Gasteiger partial charge >= 0.3 is 0 Å². The van der Waals surface area contributed by atoms with Gasteiger partial charge in [-0.05, 0) is 0 Å². The van der Waals surface area contributed by atoms with Crippen LogP contribution in [0, 0.1) is 0 Å². The molecule has 1 aromatic rings. The fraction of sp³-hybridized carbons (Fsp3) is 0. The fourth-order valence-corrected chi connectivity index (χ4v) is 0.324. The average molecular weight is 120 g/mol. The van der Waals surface area contributed by atoms with E-state index in [0.717, 1.165) is 10.4 Å². The second-order valence-corrected chi connectivity index (χ2v) is 1.26. The SMILES string of the molecule is [O-]c1c[n+](Cl)no1. The van der Waals surface area contributed by atoms with Crippen molar-refractivity contribution in [1.82, 2.24) is 5.27 Å². The van der Waals surface area contributed by atoms with E-state index in [1.807, 2.05) is 0 Å². The van der Waals surface area contributed by atoms with E-state index >= 15 is 0 Å². The van der Waals surface area contributed by atoms with Gasteiger partial charge in [0.15, 0.2) is 5.95 Å². The van der Waals surface area contributed by atoms with Gasteiger partial charge in [0.1, 0.15) is 5.27 Å². The highest BCUT2D eigenvalue weighted by Gasteiger charge is 1.94.